The minimum atomic E-state index is -4.33. The molecule has 0 bridgehead atoms. The Morgan fingerprint density at radius 3 is 2.67 bits per heavy atom. The van der Waals surface area contributed by atoms with Crippen LogP contribution in [-0.4, -0.2) is 56.3 Å². The van der Waals surface area contributed by atoms with E-state index in [1.54, 1.807) is 6.92 Å². The van der Waals surface area contributed by atoms with Crippen molar-refractivity contribution in [2.75, 3.05) is 32.9 Å². The summed E-state index contributed by atoms with van der Waals surface area (Å²) in [7, 11) is 0. The Morgan fingerprint density at radius 2 is 2.11 bits per heavy atom. The molecule has 0 heterocycles. The molecule has 1 atom stereocenters. The Morgan fingerprint density at radius 1 is 1.44 bits per heavy atom. The van der Waals surface area contributed by atoms with Crippen molar-refractivity contribution < 1.29 is 32.5 Å². The number of rotatable bonds is 9. The highest BCUT2D eigenvalue weighted by Crippen LogP contribution is 2.13. The van der Waals surface area contributed by atoms with Crippen LogP contribution in [0.5, 0.6) is 0 Å². The average molecular weight is 273 g/mol. The van der Waals surface area contributed by atoms with Gasteiger partial charge in [-0.2, -0.15) is 13.2 Å². The molecule has 0 aromatic rings. The number of esters is 1. The standard InChI is InChI=1S/C10H18F3NO4/c1-2-18-9(16)5-8(15)6-14-3-4-17-7-10(11,12)13/h8,14-15H,2-7H2,1H3. The Hall–Kier alpha value is -0.860. The van der Waals surface area contributed by atoms with E-state index in [-0.39, 0.29) is 32.7 Å². The van der Waals surface area contributed by atoms with Crippen molar-refractivity contribution in [3.05, 3.63) is 0 Å². The lowest BCUT2D eigenvalue weighted by molar-refractivity contribution is -0.173. The van der Waals surface area contributed by atoms with Crippen LogP contribution in [-0.2, 0) is 14.3 Å². The summed E-state index contributed by atoms with van der Waals surface area (Å²) < 4.78 is 44.0. The molecule has 18 heavy (non-hydrogen) atoms. The van der Waals surface area contributed by atoms with Gasteiger partial charge in [0.25, 0.3) is 0 Å². The number of aliphatic hydroxyl groups is 1. The van der Waals surface area contributed by atoms with Gasteiger partial charge in [0.2, 0.25) is 0 Å². The Balaban J connectivity index is 3.40. The monoisotopic (exact) mass is 273 g/mol. The first kappa shape index (κ1) is 17.1. The zero-order valence-electron chi connectivity index (χ0n) is 10.1. The molecule has 1 unspecified atom stereocenters. The summed E-state index contributed by atoms with van der Waals surface area (Å²) in [5.74, 6) is -0.514. The SMILES string of the molecule is CCOC(=O)CC(O)CNCCOCC(F)(F)F. The molecule has 8 heteroatoms. The van der Waals surface area contributed by atoms with E-state index in [0.717, 1.165) is 0 Å². The topological polar surface area (TPSA) is 67.8 Å². The highest BCUT2D eigenvalue weighted by atomic mass is 19.4. The van der Waals surface area contributed by atoms with Crippen LogP contribution in [0.4, 0.5) is 13.2 Å². The van der Waals surface area contributed by atoms with Crippen molar-refractivity contribution in [2.45, 2.75) is 25.6 Å². The number of ether oxygens (including phenoxy) is 2. The van der Waals surface area contributed by atoms with Gasteiger partial charge >= 0.3 is 12.1 Å². The van der Waals surface area contributed by atoms with Gasteiger partial charge in [0.1, 0.15) is 6.61 Å². The highest BCUT2D eigenvalue weighted by Gasteiger charge is 2.27. The summed E-state index contributed by atoms with van der Waals surface area (Å²) in [6, 6.07) is 0. The maximum Gasteiger partial charge on any atom is 0.411 e. The largest absolute Gasteiger partial charge is 0.466 e. The van der Waals surface area contributed by atoms with Gasteiger partial charge in [-0.3, -0.25) is 4.79 Å². The molecule has 0 aromatic carbocycles. The third-order valence-corrected chi connectivity index (χ3v) is 1.78. The molecule has 5 nitrogen and oxygen atoms in total. The number of hydrogen-bond acceptors (Lipinski definition) is 5. The highest BCUT2D eigenvalue weighted by molar-refractivity contribution is 5.69. The fraction of sp³-hybridized carbons (Fsp3) is 0.900. The van der Waals surface area contributed by atoms with E-state index in [9.17, 15) is 23.1 Å². The van der Waals surface area contributed by atoms with Crippen molar-refractivity contribution in [1.82, 2.24) is 5.32 Å². The molecule has 0 saturated carbocycles. The number of aliphatic hydroxyl groups excluding tert-OH is 1. The smallest absolute Gasteiger partial charge is 0.411 e. The Labute approximate surface area is 103 Å². The van der Waals surface area contributed by atoms with Crippen molar-refractivity contribution >= 4 is 5.97 Å². The molecule has 0 rings (SSSR count). The van der Waals surface area contributed by atoms with E-state index in [4.69, 9.17) is 0 Å². The van der Waals surface area contributed by atoms with Crippen LogP contribution in [0, 0.1) is 0 Å². The number of carbonyl (C=O) groups excluding carboxylic acids is 1. The third-order valence-electron chi connectivity index (χ3n) is 1.78. The molecule has 2 N–H and O–H groups in total. The lowest BCUT2D eigenvalue weighted by atomic mass is 10.2. The molecule has 0 radical (unpaired) electrons. The maximum atomic E-state index is 11.7. The third kappa shape index (κ3) is 11.6. The second-order valence-electron chi connectivity index (χ2n) is 3.53. The summed E-state index contributed by atoms with van der Waals surface area (Å²) in [6.07, 6.45) is -5.40. The minimum Gasteiger partial charge on any atom is -0.466 e. The Bertz CT molecular complexity index is 236. The predicted molar refractivity (Wildman–Crippen MR) is 57.0 cm³/mol. The van der Waals surface area contributed by atoms with Crippen molar-refractivity contribution in [1.29, 1.82) is 0 Å². The molecule has 0 aliphatic heterocycles. The van der Waals surface area contributed by atoms with Crippen molar-refractivity contribution in [3.8, 4) is 0 Å². The van der Waals surface area contributed by atoms with Crippen LogP contribution >= 0.6 is 0 Å². The average Bonchev–Trinajstić information content (AvgIpc) is 2.21. The van der Waals surface area contributed by atoms with Crippen molar-refractivity contribution in [3.63, 3.8) is 0 Å². The van der Waals surface area contributed by atoms with Gasteiger partial charge in [0, 0.05) is 13.1 Å². The number of alkyl halides is 3. The van der Waals surface area contributed by atoms with Crippen LogP contribution < -0.4 is 5.32 Å². The second-order valence-corrected chi connectivity index (χ2v) is 3.53. The fourth-order valence-electron chi connectivity index (χ4n) is 1.09. The first-order valence-electron chi connectivity index (χ1n) is 5.54. The lowest BCUT2D eigenvalue weighted by Gasteiger charge is -2.11. The molecule has 0 aliphatic carbocycles. The van der Waals surface area contributed by atoms with E-state index in [2.05, 4.69) is 14.8 Å². The predicted octanol–water partition coefficient (Wildman–Crippen LogP) is 0.469. The van der Waals surface area contributed by atoms with Crippen LogP contribution in [0.1, 0.15) is 13.3 Å². The minimum absolute atomic E-state index is 0.0915. The van der Waals surface area contributed by atoms with Crippen LogP contribution in [0.3, 0.4) is 0 Å². The summed E-state index contributed by atoms with van der Waals surface area (Å²) in [4.78, 5) is 10.9. The van der Waals surface area contributed by atoms with Gasteiger partial charge in [-0.25, -0.2) is 0 Å². The number of halogens is 3. The number of nitrogens with one attached hydrogen (secondary N) is 1. The van der Waals surface area contributed by atoms with Crippen LogP contribution in [0.25, 0.3) is 0 Å². The van der Waals surface area contributed by atoms with Gasteiger partial charge in [0.05, 0.1) is 25.7 Å². The van der Waals surface area contributed by atoms with E-state index in [1.165, 1.54) is 0 Å². The summed E-state index contributed by atoms with van der Waals surface area (Å²) >= 11 is 0. The Kier molecular flexibility index (Phi) is 8.69. The molecule has 0 spiro atoms. The van der Waals surface area contributed by atoms with E-state index in [1.807, 2.05) is 0 Å². The quantitative estimate of drug-likeness (QED) is 0.472. The van der Waals surface area contributed by atoms with Gasteiger partial charge in [-0.1, -0.05) is 0 Å². The van der Waals surface area contributed by atoms with Crippen LogP contribution in [0.2, 0.25) is 0 Å². The van der Waals surface area contributed by atoms with Crippen molar-refractivity contribution in [2.24, 2.45) is 0 Å². The number of carbonyl (C=O) groups is 1. The first-order valence-corrected chi connectivity index (χ1v) is 5.54. The molecule has 0 aliphatic rings. The zero-order valence-corrected chi connectivity index (χ0v) is 10.1. The van der Waals surface area contributed by atoms with Gasteiger partial charge in [0.15, 0.2) is 0 Å². The lowest BCUT2D eigenvalue weighted by Crippen LogP contribution is -2.32. The number of hydrogen-bond donors (Lipinski definition) is 2. The normalized spacial score (nSPS) is 13.4. The van der Waals surface area contributed by atoms with Gasteiger partial charge in [-0.15, -0.1) is 0 Å². The van der Waals surface area contributed by atoms with Crippen LogP contribution in [0.15, 0.2) is 0 Å². The first-order chi connectivity index (χ1) is 8.35. The van der Waals surface area contributed by atoms with E-state index in [0.29, 0.717) is 0 Å². The summed E-state index contributed by atoms with van der Waals surface area (Å²) in [5, 5.41) is 12.0. The van der Waals surface area contributed by atoms with E-state index < -0.39 is 24.9 Å². The van der Waals surface area contributed by atoms with Gasteiger partial charge in [-0.05, 0) is 6.92 Å². The molecule has 0 saturated heterocycles. The zero-order chi connectivity index (χ0) is 14.0. The maximum absolute atomic E-state index is 11.7. The molecular weight excluding hydrogens is 255 g/mol. The summed E-state index contributed by atoms with van der Waals surface area (Å²) in [6.45, 7) is 0.737. The molecular formula is C10H18F3NO4. The molecule has 108 valence electrons. The second kappa shape index (κ2) is 9.12. The molecule has 0 aromatic heterocycles. The summed E-state index contributed by atoms with van der Waals surface area (Å²) in [5.41, 5.74) is 0. The van der Waals surface area contributed by atoms with Gasteiger partial charge < -0.3 is 19.9 Å². The van der Waals surface area contributed by atoms with E-state index >= 15 is 0 Å². The fourth-order valence-corrected chi connectivity index (χ4v) is 1.09. The molecule has 0 fully saturated rings. The molecule has 0 amide bonds.